The molecule has 1 saturated heterocycles. The van der Waals surface area contributed by atoms with Crippen LogP contribution >= 0.6 is 34.9 Å². The Labute approximate surface area is 172 Å². The molecule has 2 aliphatic heterocycles. The summed E-state index contributed by atoms with van der Waals surface area (Å²) >= 11 is 4.26. The smallest absolute Gasteiger partial charge is 0.352 e. The molecule has 1 unspecified atom stereocenters. The molecule has 2 aromatic heterocycles. The van der Waals surface area contributed by atoms with Crippen LogP contribution in [0.3, 0.4) is 0 Å². The van der Waals surface area contributed by atoms with Crippen LogP contribution in [0.1, 0.15) is 4.88 Å². The summed E-state index contributed by atoms with van der Waals surface area (Å²) in [5, 5.41) is 22.0. The van der Waals surface area contributed by atoms with Gasteiger partial charge in [0.15, 0.2) is 5.16 Å². The highest BCUT2D eigenvalue weighted by molar-refractivity contribution is 8.01. The van der Waals surface area contributed by atoms with Gasteiger partial charge in [-0.2, -0.15) is 0 Å². The molecular formula is C16H15N5O4S3. The Morgan fingerprint density at radius 2 is 2.32 bits per heavy atom. The quantitative estimate of drug-likeness (QED) is 0.431. The summed E-state index contributed by atoms with van der Waals surface area (Å²) in [6.45, 7) is 0. The van der Waals surface area contributed by atoms with Gasteiger partial charge in [-0.05, 0) is 17.0 Å². The van der Waals surface area contributed by atoms with Crippen LogP contribution in [0.2, 0.25) is 0 Å². The van der Waals surface area contributed by atoms with Crippen LogP contribution in [0.25, 0.3) is 0 Å². The minimum absolute atomic E-state index is 0.00419. The SMILES string of the molecule is O=C(Cc1cccs1)NC1C(=O)N2C(C(=O)O)=C(CSc3nnc[nH]3)CS[C@H]12. The fourth-order valence-corrected chi connectivity index (χ4v) is 5.98. The molecule has 3 N–H and O–H groups in total. The van der Waals surface area contributed by atoms with E-state index in [0.29, 0.717) is 22.2 Å². The standard InChI is InChI=1S/C16H15N5O4S3/c22-10(4-9-2-1-3-26-9)19-11-13(23)21-12(15(24)25)8(5-27-14(11)21)6-28-16-17-7-18-20-16/h1-3,7,11,14H,4-6H2,(H,19,22)(H,24,25)(H,17,18,20)/t11?,14-/m1/s1. The summed E-state index contributed by atoms with van der Waals surface area (Å²) in [6, 6.07) is 3.02. The number of aliphatic carboxylic acids is 1. The zero-order chi connectivity index (χ0) is 19.7. The molecule has 2 aliphatic rings. The van der Waals surface area contributed by atoms with Crippen molar-refractivity contribution in [1.29, 1.82) is 0 Å². The van der Waals surface area contributed by atoms with Gasteiger partial charge >= 0.3 is 5.97 Å². The van der Waals surface area contributed by atoms with Crippen molar-refractivity contribution >= 4 is 52.6 Å². The first-order valence-electron chi connectivity index (χ1n) is 8.25. The van der Waals surface area contributed by atoms with E-state index in [0.717, 1.165) is 4.88 Å². The number of amides is 2. The van der Waals surface area contributed by atoms with Crippen molar-refractivity contribution in [2.24, 2.45) is 0 Å². The summed E-state index contributed by atoms with van der Waals surface area (Å²) < 4.78 is 0. The predicted molar refractivity (Wildman–Crippen MR) is 105 cm³/mol. The van der Waals surface area contributed by atoms with Crippen molar-refractivity contribution in [2.75, 3.05) is 11.5 Å². The number of hydrogen-bond donors (Lipinski definition) is 3. The van der Waals surface area contributed by atoms with E-state index in [-0.39, 0.29) is 18.0 Å². The normalized spacial score (nSPS) is 21.3. The number of carbonyl (C=O) groups excluding carboxylic acids is 2. The molecule has 0 radical (unpaired) electrons. The van der Waals surface area contributed by atoms with E-state index in [1.54, 1.807) is 0 Å². The number of fused-ring (bicyclic) bond motifs is 1. The maximum absolute atomic E-state index is 12.6. The van der Waals surface area contributed by atoms with E-state index < -0.39 is 23.3 Å². The van der Waals surface area contributed by atoms with Gasteiger partial charge in [-0.3, -0.25) is 14.5 Å². The molecule has 9 nitrogen and oxygen atoms in total. The van der Waals surface area contributed by atoms with E-state index in [2.05, 4.69) is 20.5 Å². The Kier molecular flexibility index (Phi) is 5.42. The van der Waals surface area contributed by atoms with E-state index in [4.69, 9.17) is 0 Å². The predicted octanol–water partition coefficient (Wildman–Crippen LogP) is 0.940. The first-order chi connectivity index (χ1) is 13.5. The summed E-state index contributed by atoms with van der Waals surface area (Å²) in [5.74, 6) is -0.926. The molecular weight excluding hydrogens is 422 g/mol. The van der Waals surface area contributed by atoms with Crippen LogP contribution in [-0.2, 0) is 20.8 Å². The minimum Gasteiger partial charge on any atom is -0.477 e. The van der Waals surface area contributed by atoms with Gasteiger partial charge in [-0.15, -0.1) is 33.3 Å². The number of thioether (sulfide) groups is 2. The highest BCUT2D eigenvalue weighted by Gasteiger charge is 2.54. The van der Waals surface area contributed by atoms with Gasteiger partial charge in [-0.1, -0.05) is 17.8 Å². The largest absolute Gasteiger partial charge is 0.477 e. The fourth-order valence-electron chi connectivity index (χ4n) is 3.01. The van der Waals surface area contributed by atoms with Gasteiger partial charge < -0.3 is 15.4 Å². The second kappa shape index (κ2) is 7.97. The van der Waals surface area contributed by atoms with Crippen molar-refractivity contribution < 1.29 is 19.5 Å². The molecule has 4 heterocycles. The van der Waals surface area contributed by atoms with Gasteiger partial charge in [0.25, 0.3) is 5.91 Å². The number of carboxylic acids is 1. The monoisotopic (exact) mass is 437 g/mol. The number of rotatable bonds is 7. The second-order valence-electron chi connectivity index (χ2n) is 6.05. The summed E-state index contributed by atoms with van der Waals surface area (Å²) in [6.07, 6.45) is 1.66. The van der Waals surface area contributed by atoms with E-state index >= 15 is 0 Å². The second-order valence-corrected chi connectivity index (χ2v) is 9.15. The number of nitrogens with zero attached hydrogens (tertiary/aromatic N) is 3. The number of carbonyl (C=O) groups is 3. The fraction of sp³-hybridized carbons (Fsp3) is 0.312. The molecule has 0 saturated carbocycles. The third-order valence-electron chi connectivity index (χ3n) is 4.26. The first kappa shape index (κ1) is 19.0. The van der Waals surface area contributed by atoms with Crippen LogP contribution in [-0.4, -0.2) is 65.9 Å². The lowest BCUT2D eigenvalue weighted by Crippen LogP contribution is -2.70. The maximum Gasteiger partial charge on any atom is 0.352 e. The molecule has 4 rings (SSSR count). The van der Waals surface area contributed by atoms with Crippen molar-refractivity contribution in [3.05, 3.63) is 40.0 Å². The van der Waals surface area contributed by atoms with Crippen molar-refractivity contribution in [2.45, 2.75) is 23.0 Å². The van der Waals surface area contributed by atoms with Crippen LogP contribution in [0.4, 0.5) is 0 Å². The van der Waals surface area contributed by atoms with Gasteiger partial charge in [0.1, 0.15) is 23.4 Å². The van der Waals surface area contributed by atoms with Crippen LogP contribution in [0.5, 0.6) is 0 Å². The minimum atomic E-state index is -1.14. The zero-order valence-corrected chi connectivity index (χ0v) is 16.8. The average Bonchev–Trinajstić information content (AvgIpc) is 3.37. The molecule has 2 atom stereocenters. The lowest BCUT2D eigenvalue weighted by atomic mass is 10.0. The molecule has 0 spiro atoms. The van der Waals surface area contributed by atoms with Gasteiger partial charge in [0.2, 0.25) is 5.91 Å². The molecule has 2 aromatic rings. The van der Waals surface area contributed by atoms with Crippen LogP contribution in [0, 0.1) is 0 Å². The summed E-state index contributed by atoms with van der Waals surface area (Å²) in [7, 11) is 0. The highest BCUT2D eigenvalue weighted by atomic mass is 32.2. The van der Waals surface area contributed by atoms with E-state index in [1.807, 2.05) is 17.5 Å². The van der Waals surface area contributed by atoms with E-state index in [9.17, 15) is 19.5 Å². The Morgan fingerprint density at radius 3 is 3.00 bits per heavy atom. The molecule has 0 aliphatic carbocycles. The van der Waals surface area contributed by atoms with Gasteiger partial charge in [-0.25, -0.2) is 4.79 Å². The first-order valence-corrected chi connectivity index (χ1v) is 11.2. The maximum atomic E-state index is 12.6. The third kappa shape index (κ3) is 3.66. The van der Waals surface area contributed by atoms with E-state index in [1.165, 1.54) is 46.1 Å². The Hall–Kier alpha value is -2.31. The Morgan fingerprint density at radius 1 is 1.46 bits per heavy atom. The zero-order valence-electron chi connectivity index (χ0n) is 14.3. The molecule has 146 valence electrons. The van der Waals surface area contributed by atoms with Gasteiger partial charge in [0, 0.05) is 16.4 Å². The van der Waals surface area contributed by atoms with Gasteiger partial charge in [0.05, 0.1) is 6.42 Å². The van der Waals surface area contributed by atoms with Crippen LogP contribution in [0.15, 0.2) is 40.3 Å². The average molecular weight is 438 g/mol. The Balaban J connectivity index is 1.44. The number of hydrogen-bond acceptors (Lipinski definition) is 8. The van der Waals surface area contributed by atoms with Crippen molar-refractivity contribution in [1.82, 2.24) is 25.4 Å². The number of aromatic amines is 1. The summed E-state index contributed by atoms with van der Waals surface area (Å²) in [4.78, 5) is 41.7. The number of H-pyrrole nitrogens is 1. The number of β-lactam (4-membered cyclic amide) rings is 1. The molecule has 28 heavy (non-hydrogen) atoms. The Bertz CT molecular complexity index is 928. The lowest BCUT2D eigenvalue weighted by Gasteiger charge is -2.49. The lowest BCUT2D eigenvalue weighted by molar-refractivity contribution is -0.150. The topological polar surface area (TPSA) is 128 Å². The summed E-state index contributed by atoms with van der Waals surface area (Å²) in [5.41, 5.74) is 0.649. The molecule has 2 amide bonds. The van der Waals surface area contributed by atoms with Crippen molar-refractivity contribution in [3.8, 4) is 0 Å². The molecule has 0 aromatic carbocycles. The highest BCUT2D eigenvalue weighted by Crippen LogP contribution is 2.41. The molecule has 0 bridgehead atoms. The van der Waals surface area contributed by atoms with Crippen molar-refractivity contribution in [3.63, 3.8) is 0 Å². The number of thiophene rings is 1. The molecule has 12 heteroatoms. The number of aromatic nitrogens is 3. The number of nitrogens with one attached hydrogen (secondary N) is 2. The third-order valence-corrected chi connectivity index (χ3v) is 7.44. The van der Waals surface area contributed by atoms with Crippen LogP contribution < -0.4 is 5.32 Å². The number of carboxylic acid groups (broad SMARTS) is 1. The molecule has 1 fully saturated rings.